The predicted molar refractivity (Wildman–Crippen MR) is 73.9 cm³/mol. The average Bonchev–Trinajstić information content (AvgIpc) is 2.38. The van der Waals surface area contributed by atoms with E-state index in [2.05, 4.69) is 5.32 Å². The second-order valence-corrected chi connectivity index (χ2v) is 5.27. The van der Waals surface area contributed by atoms with Crippen LogP contribution in [0.25, 0.3) is 0 Å². The minimum absolute atomic E-state index is 0.228. The van der Waals surface area contributed by atoms with E-state index in [0.717, 1.165) is 5.56 Å². The number of amides is 1. The zero-order chi connectivity index (χ0) is 14.5. The summed E-state index contributed by atoms with van der Waals surface area (Å²) in [4.78, 5) is 22.7. The summed E-state index contributed by atoms with van der Waals surface area (Å²) in [5, 5.41) is 11.7. The molecule has 0 radical (unpaired) electrons. The maximum absolute atomic E-state index is 11.8. The Morgan fingerprint density at radius 3 is 2.32 bits per heavy atom. The van der Waals surface area contributed by atoms with Gasteiger partial charge in [0.25, 0.3) is 0 Å². The van der Waals surface area contributed by atoms with Gasteiger partial charge in [0.05, 0.1) is 0 Å². The van der Waals surface area contributed by atoms with E-state index in [4.69, 9.17) is 5.11 Å². The van der Waals surface area contributed by atoms with Gasteiger partial charge in [-0.05, 0) is 12.0 Å². The first-order valence-corrected chi connectivity index (χ1v) is 6.44. The van der Waals surface area contributed by atoms with Gasteiger partial charge in [0, 0.05) is 12.0 Å². The SMILES string of the molecule is CCC(C(=O)O)C(=O)NCC(C)(C)c1ccccc1. The van der Waals surface area contributed by atoms with Crippen LogP contribution in [0.2, 0.25) is 0 Å². The van der Waals surface area contributed by atoms with E-state index in [0.29, 0.717) is 13.0 Å². The molecule has 0 aliphatic heterocycles. The standard InChI is InChI=1S/C15H21NO3/c1-4-12(14(18)19)13(17)16-10-15(2,3)11-8-6-5-7-9-11/h5-9,12H,4,10H2,1-3H3,(H,16,17)(H,18,19). The molecule has 1 rings (SSSR count). The highest BCUT2D eigenvalue weighted by Crippen LogP contribution is 2.21. The van der Waals surface area contributed by atoms with Crippen molar-refractivity contribution in [1.29, 1.82) is 0 Å². The molecule has 0 aliphatic carbocycles. The van der Waals surface area contributed by atoms with Crippen LogP contribution in [0.3, 0.4) is 0 Å². The molecule has 0 spiro atoms. The zero-order valence-electron chi connectivity index (χ0n) is 11.6. The highest BCUT2D eigenvalue weighted by molar-refractivity contribution is 5.96. The van der Waals surface area contributed by atoms with Gasteiger partial charge in [0.15, 0.2) is 0 Å². The van der Waals surface area contributed by atoms with Crippen molar-refractivity contribution in [3.63, 3.8) is 0 Å². The lowest BCUT2D eigenvalue weighted by atomic mass is 9.84. The Morgan fingerprint density at radius 2 is 1.84 bits per heavy atom. The van der Waals surface area contributed by atoms with Crippen LogP contribution in [-0.2, 0) is 15.0 Å². The number of carbonyl (C=O) groups excluding carboxylic acids is 1. The molecule has 1 unspecified atom stereocenters. The molecule has 104 valence electrons. The van der Waals surface area contributed by atoms with Crippen molar-refractivity contribution < 1.29 is 14.7 Å². The smallest absolute Gasteiger partial charge is 0.316 e. The third-order valence-corrected chi connectivity index (χ3v) is 3.28. The van der Waals surface area contributed by atoms with Crippen LogP contribution in [0.15, 0.2) is 30.3 Å². The van der Waals surface area contributed by atoms with Crippen LogP contribution < -0.4 is 5.32 Å². The highest BCUT2D eigenvalue weighted by atomic mass is 16.4. The van der Waals surface area contributed by atoms with Crippen LogP contribution >= 0.6 is 0 Å². The quantitative estimate of drug-likeness (QED) is 0.773. The Labute approximate surface area is 113 Å². The Morgan fingerprint density at radius 1 is 1.26 bits per heavy atom. The lowest BCUT2D eigenvalue weighted by Crippen LogP contribution is -2.41. The summed E-state index contributed by atoms with van der Waals surface area (Å²) in [6.07, 6.45) is 0.299. The number of nitrogens with one attached hydrogen (secondary N) is 1. The van der Waals surface area contributed by atoms with Crippen LogP contribution in [0.4, 0.5) is 0 Å². The molecular weight excluding hydrogens is 242 g/mol. The van der Waals surface area contributed by atoms with Gasteiger partial charge in [0.1, 0.15) is 5.92 Å². The lowest BCUT2D eigenvalue weighted by molar-refractivity contribution is -0.147. The number of rotatable bonds is 6. The fourth-order valence-electron chi connectivity index (χ4n) is 1.89. The molecule has 0 heterocycles. The summed E-state index contributed by atoms with van der Waals surface area (Å²) >= 11 is 0. The first-order chi connectivity index (χ1) is 8.88. The molecule has 0 saturated carbocycles. The average molecular weight is 263 g/mol. The van der Waals surface area contributed by atoms with Gasteiger partial charge in [0.2, 0.25) is 5.91 Å². The first kappa shape index (κ1) is 15.2. The second-order valence-electron chi connectivity index (χ2n) is 5.27. The second kappa shape index (κ2) is 6.36. The van der Waals surface area contributed by atoms with Crippen molar-refractivity contribution in [2.75, 3.05) is 6.54 Å². The van der Waals surface area contributed by atoms with Gasteiger partial charge in [-0.2, -0.15) is 0 Å². The molecule has 0 saturated heterocycles. The number of aliphatic carboxylic acids is 1. The summed E-state index contributed by atoms with van der Waals surface area (Å²) < 4.78 is 0. The fraction of sp³-hybridized carbons (Fsp3) is 0.467. The van der Waals surface area contributed by atoms with Crippen molar-refractivity contribution in [3.05, 3.63) is 35.9 Å². The van der Waals surface area contributed by atoms with Crippen molar-refractivity contribution in [2.45, 2.75) is 32.6 Å². The number of benzene rings is 1. The van der Waals surface area contributed by atoms with Crippen LogP contribution in [0, 0.1) is 5.92 Å². The van der Waals surface area contributed by atoms with Gasteiger partial charge < -0.3 is 10.4 Å². The molecule has 19 heavy (non-hydrogen) atoms. The van der Waals surface area contributed by atoms with Gasteiger partial charge in [-0.25, -0.2) is 0 Å². The van der Waals surface area contributed by atoms with Crippen LogP contribution in [-0.4, -0.2) is 23.5 Å². The Balaban J connectivity index is 2.66. The predicted octanol–water partition coefficient (Wildman–Crippen LogP) is 2.19. The minimum Gasteiger partial charge on any atom is -0.481 e. The number of hydrogen-bond acceptors (Lipinski definition) is 2. The zero-order valence-corrected chi connectivity index (χ0v) is 11.6. The van der Waals surface area contributed by atoms with Crippen molar-refractivity contribution >= 4 is 11.9 Å². The van der Waals surface area contributed by atoms with Crippen molar-refractivity contribution in [2.24, 2.45) is 5.92 Å². The fourth-order valence-corrected chi connectivity index (χ4v) is 1.89. The van der Waals surface area contributed by atoms with E-state index in [1.807, 2.05) is 44.2 Å². The molecule has 1 amide bonds. The number of carboxylic acid groups (broad SMARTS) is 1. The van der Waals surface area contributed by atoms with Crippen molar-refractivity contribution in [1.82, 2.24) is 5.32 Å². The minimum atomic E-state index is -1.07. The summed E-state index contributed by atoms with van der Waals surface area (Å²) in [6.45, 7) is 6.15. The van der Waals surface area contributed by atoms with E-state index in [1.165, 1.54) is 0 Å². The molecule has 1 aromatic rings. The monoisotopic (exact) mass is 263 g/mol. The molecular formula is C15H21NO3. The first-order valence-electron chi connectivity index (χ1n) is 6.44. The van der Waals surface area contributed by atoms with Gasteiger partial charge in [-0.15, -0.1) is 0 Å². The molecule has 1 aromatic carbocycles. The molecule has 0 bridgehead atoms. The molecule has 4 nitrogen and oxygen atoms in total. The maximum atomic E-state index is 11.8. The van der Waals surface area contributed by atoms with E-state index < -0.39 is 17.8 Å². The normalized spacial score (nSPS) is 12.8. The molecule has 4 heteroatoms. The van der Waals surface area contributed by atoms with E-state index in [-0.39, 0.29) is 5.41 Å². The molecule has 0 fully saturated rings. The van der Waals surface area contributed by atoms with Gasteiger partial charge in [-0.3, -0.25) is 9.59 Å². The van der Waals surface area contributed by atoms with E-state index >= 15 is 0 Å². The number of carbonyl (C=O) groups is 2. The largest absolute Gasteiger partial charge is 0.481 e. The Hall–Kier alpha value is -1.84. The van der Waals surface area contributed by atoms with E-state index in [1.54, 1.807) is 6.92 Å². The van der Waals surface area contributed by atoms with Crippen LogP contribution in [0.5, 0.6) is 0 Å². The lowest BCUT2D eigenvalue weighted by Gasteiger charge is -2.26. The summed E-state index contributed by atoms with van der Waals surface area (Å²) in [7, 11) is 0. The number of carboxylic acids is 1. The summed E-state index contributed by atoms with van der Waals surface area (Å²) in [6, 6.07) is 9.84. The maximum Gasteiger partial charge on any atom is 0.316 e. The van der Waals surface area contributed by atoms with Gasteiger partial charge >= 0.3 is 5.97 Å². The molecule has 1 atom stereocenters. The molecule has 0 aromatic heterocycles. The molecule has 0 aliphatic rings. The highest BCUT2D eigenvalue weighted by Gasteiger charge is 2.27. The number of hydrogen-bond donors (Lipinski definition) is 2. The molecule has 2 N–H and O–H groups in total. The van der Waals surface area contributed by atoms with E-state index in [9.17, 15) is 9.59 Å². The third-order valence-electron chi connectivity index (χ3n) is 3.28. The Kier molecular flexibility index (Phi) is 5.10. The summed E-state index contributed by atoms with van der Waals surface area (Å²) in [5.74, 6) is -2.46. The summed E-state index contributed by atoms with van der Waals surface area (Å²) in [5.41, 5.74) is 0.881. The van der Waals surface area contributed by atoms with Gasteiger partial charge in [-0.1, -0.05) is 51.1 Å². The Bertz CT molecular complexity index is 440. The third kappa shape index (κ3) is 4.09. The topological polar surface area (TPSA) is 66.4 Å². The van der Waals surface area contributed by atoms with Crippen molar-refractivity contribution in [3.8, 4) is 0 Å². The van der Waals surface area contributed by atoms with Crippen LogP contribution in [0.1, 0.15) is 32.8 Å².